The van der Waals surface area contributed by atoms with Crippen molar-refractivity contribution in [2.75, 3.05) is 23.7 Å². The zero-order valence-electron chi connectivity index (χ0n) is 10.0. The number of aromatic carboxylic acids is 1. The van der Waals surface area contributed by atoms with Crippen LogP contribution in [-0.2, 0) is 4.74 Å². The molecule has 0 aromatic heterocycles. The number of anilines is 2. The van der Waals surface area contributed by atoms with E-state index in [0.29, 0.717) is 11.4 Å². The molecule has 2 aliphatic heterocycles. The molecule has 18 heavy (non-hydrogen) atoms. The number of carboxylic acids is 1. The minimum absolute atomic E-state index is 0.213. The van der Waals surface area contributed by atoms with Gasteiger partial charge in [0.25, 0.3) is 0 Å². The molecule has 2 atom stereocenters. The SMILES string of the molecule is Nc1cccc(C(=O)O)c1N1CC2CCC(C1)O2. The van der Waals surface area contributed by atoms with E-state index in [9.17, 15) is 9.90 Å². The van der Waals surface area contributed by atoms with Gasteiger partial charge in [-0.3, -0.25) is 0 Å². The van der Waals surface area contributed by atoms with Gasteiger partial charge in [0.2, 0.25) is 0 Å². The highest BCUT2D eigenvalue weighted by molar-refractivity contribution is 5.98. The smallest absolute Gasteiger partial charge is 0.337 e. The number of nitrogen functional groups attached to an aromatic ring is 1. The fraction of sp³-hybridized carbons (Fsp3) is 0.462. The Morgan fingerprint density at radius 1 is 1.33 bits per heavy atom. The van der Waals surface area contributed by atoms with Crippen molar-refractivity contribution in [1.82, 2.24) is 0 Å². The first-order chi connectivity index (χ1) is 8.65. The second-order valence-electron chi connectivity index (χ2n) is 4.91. The second kappa shape index (κ2) is 4.17. The third-order valence-corrected chi connectivity index (χ3v) is 3.66. The van der Waals surface area contributed by atoms with Crippen LogP contribution in [0.15, 0.2) is 18.2 Å². The molecule has 2 bridgehead atoms. The Balaban J connectivity index is 1.98. The van der Waals surface area contributed by atoms with E-state index < -0.39 is 5.97 Å². The molecule has 3 N–H and O–H groups in total. The van der Waals surface area contributed by atoms with Crippen LogP contribution in [0.1, 0.15) is 23.2 Å². The summed E-state index contributed by atoms with van der Waals surface area (Å²) in [7, 11) is 0. The maximum Gasteiger partial charge on any atom is 0.337 e. The summed E-state index contributed by atoms with van der Waals surface area (Å²) in [6.45, 7) is 1.45. The summed E-state index contributed by atoms with van der Waals surface area (Å²) in [5.41, 5.74) is 7.40. The number of morpholine rings is 1. The van der Waals surface area contributed by atoms with Crippen LogP contribution in [0.3, 0.4) is 0 Å². The molecule has 0 spiro atoms. The van der Waals surface area contributed by atoms with Crippen LogP contribution in [0.5, 0.6) is 0 Å². The molecular weight excluding hydrogens is 232 g/mol. The number of rotatable bonds is 2. The summed E-state index contributed by atoms with van der Waals surface area (Å²) >= 11 is 0. The average Bonchev–Trinajstić information content (AvgIpc) is 2.68. The Morgan fingerprint density at radius 2 is 2.00 bits per heavy atom. The molecule has 2 aliphatic rings. The first-order valence-electron chi connectivity index (χ1n) is 6.17. The molecule has 0 saturated carbocycles. The third kappa shape index (κ3) is 1.80. The number of fused-ring (bicyclic) bond motifs is 2. The lowest BCUT2D eigenvalue weighted by Crippen LogP contribution is -2.43. The van der Waals surface area contributed by atoms with Crippen molar-refractivity contribution in [3.63, 3.8) is 0 Å². The zero-order valence-corrected chi connectivity index (χ0v) is 10.0. The van der Waals surface area contributed by atoms with Gasteiger partial charge < -0.3 is 20.5 Å². The molecular formula is C13H16N2O3. The van der Waals surface area contributed by atoms with Crippen molar-refractivity contribution >= 4 is 17.3 Å². The summed E-state index contributed by atoms with van der Waals surface area (Å²) in [5.74, 6) is -0.934. The van der Waals surface area contributed by atoms with Crippen LogP contribution < -0.4 is 10.6 Å². The van der Waals surface area contributed by atoms with E-state index in [-0.39, 0.29) is 17.8 Å². The molecule has 0 aliphatic carbocycles. The van der Waals surface area contributed by atoms with Crippen molar-refractivity contribution in [3.05, 3.63) is 23.8 Å². The summed E-state index contributed by atoms with van der Waals surface area (Å²) in [4.78, 5) is 13.3. The quantitative estimate of drug-likeness (QED) is 0.772. The van der Waals surface area contributed by atoms with Gasteiger partial charge in [0.15, 0.2) is 0 Å². The Morgan fingerprint density at radius 3 is 2.61 bits per heavy atom. The van der Waals surface area contributed by atoms with Crippen LogP contribution in [0.2, 0.25) is 0 Å². The Hall–Kier alpha value is -1.75. The van der Waals surface area contributed by atoms with Gasteiger partial charge in [-0.25, -0.2) is 4.79 Å². The van der Waals surface area contributed by atoms with E-state index in [2.05, 4.69) is 4.90 Å². The van der Waals surface area contributed by atoms with Gasteiger partial charge in [0.1, 0.15) is 0 Å². The van der Waals surface area contributed by atoms with E-state index in [1.165, 1.54) is 0 Å². The average molecular weight is 248 g/mol. The molecule has 2 heterocycles. The number of carboxylic acid groups (broad SMARTS) is 1. The number of para-hydroxylation sites is 1. The van der Waals surface area contributed by atoms with E-state index in [0.717, 1.165) is 25.9 Å². The molecule has 0 radical (unpaired) electrons. The number of carbonyl (C=O) groups is 1. The van der Waals surface area contributed by atoms with Gasteiger partial charge in [0.05, 0.1) is 29.1 Å². The van der Waals surface area contributed by atoms with Crippen LogP contribution in [0.4, 0.5) is 11.4 Å². The predicted octanol–water partition coefficient (Wildman–Crippen LogP) is 1.33. The van der Waals surface area contributed by atoms with Gasteiger partial charge in [-0.15, -0.1) is 0 Å². The van der Waals surface area contributed by atoms with E-state index in [1.54, 1.807) is 18.2 Å². The molecule has 2 saturated heterocycles. The maximum absolute atomic E-state index is 11.3. The van der Waals surface area contributed by atoms with Gasteiger partial charge in [-0.05, 0) is 25.0 Å². The molecule has 2 fully saturated rings. The molecule has 1 aromatic rings. The first kappa shape index (κ1) is 11.3. The largest absolute Gasteiger partial charge is 0.478 e. The number of benzene rings is 1. The minimum Gasteiger partial charge on any atom is -0.478 e. The van der Waals surface area contributed by atoms with Crippen LogP contribution >= 0.6 is 0 Å². The number of hydrogen-bond donors (Lipinski definition) is 2. The highest BCUT2D eigenvalue weighted by Crippen LogP contribution is 2.34. The summed E-state index contributed by atoms with van der Waals surface area (Å²) in [5, 5.41) is 9.25. The lowest BCUT2D eigenvalue weighted by Gasteiger charge is -2.35. The molecule has 1 aromatic carbocycles. The first-order valence-corrected chi connectivity index (χ1v) is 6.17. The number of hydrogen-bond acceptors (Lipinski definition) is 4. The maximum atomic E-state index is 11.3. The van der Waals surface area contributed by atoms with Gasteiger partial charge in [-0.1, -0.05) is 6.07 Å². The van der Waals surface area contributed by atoms with Crippen molar-refractivity contribution in [2.45, 2.75) is 25.0 Å². The number of nitrogens with two attached hydrogens (primary N) is 1. The van der Waals surface area contributed by atoms with Crippen LogP contribution in [0, 0.1) is 0 Å². The van der Waals surface area contributed by atoms with E-state index in [4.69, 9.17) is 10.5 Å². The van der Waals surface area contributed by atoms with Crippen molar-refractivity contribution < 1.29 is 14.6 Å². The minimum atomic E-state index is -0.934. The van der Waals surface area contributed by atoms with Crippen molar-refractivity contribution in [1.29, 1.82) is 0 Å². The van der Waals surface area contributed by atoms with Crippen molar-refractivity contribution in [2.24, 2.45) is 0 Å². The molecule has 5 heteroatoms. The van der Waals surface area contributed by atoms with Gasteiger partial charge >= 0.3 is 5.97 Å². The lowest BCUT2D eigenvalue weighted by atomic mass is 10.1. The number of nitrogens with zero attached hydrogens (tertiary/aromatic N) is 1. The summed E-state index contributed by atoms with van der Waals surface area (Å²) in [6.07, 6.45) is 2.53. The molecule has 5 nitrogen and oxygen atoms in total. The highest BCUT2D eigenvalue weighted by atomic mass is 16.5. The molecule has 2 unspecified atom stereocenters. The monoisotopic (exact) mass is 248 g/mol. The Bertz CT molecular complexity index is 477. The van der Waals surface area contributed by atoms with Gasteiger partial charge in [-0.2, -0.15) is 0 Å². The number of ether oxygens (including phenoxy) is 1. The van der Waals surface area contributed by atoms with Crippen molar-refractivity contribution in [3.8, 4) is 0 Å². The van der Waals surface area contributed by atoms with E-state index in [1.807, 2.05) is 0 Å². The standard InChI is InChI=1S/C13H16N2O3/c14-11-3-1-2-10(13(16)17)12(11)15-6-8-4-5-9(7-15)18-8/h1-3,8-9H,4-7,14H2,(H,16,17). The normalized spacial score (nSPS) is 26.3. The fourth-order valence-corrected chi connectivity index (χ4v) is 2.88. The Kier molecular flexibility index (Phi) is 2.63. The molecule has 96 valence electrons. The molecule has 0 amide bonds. The third-order valence-electron chi connectivity index (χ3n) is 3.66. The summed E-state index contributed by atoms with van der Waals surface area (Å²) < 4.78 is 5.76. The van der Waals surface area contributed by atoms with Gasteiger partial charge in [0, 0.05) is 13.1 Å². The lowest BCUT2D eigenvalue weighted by molar-refractivity contribution is 0.0303. The predicted molar refractivity (Wildman–Crippen MR) is 67.9 cm³/mol. The highest BCUT2D eigenvalue weighted by Gasteiger charge is 2.35. The van der Waals surface area contributed by atoms with Crippen LogP contribution in [-0.4, -0.2) is 36.4 Å². The topological polar surface area (TPSA) is 75.8 Å². The fourth-order valence-electron chi connectivity index (χ4n) is 2.88. The van der Waals surface area contributed by atoms with Crippen LogP contribution in [0.25, 0.3) is 0 Å². The summed E-state index contributed by atoms with van der Waals surface area (Å²) in [6, 6.07) is 5.03. The second-order valence-corrected chi connectivity index (χ2v) is 4.91. The van der Waals surface area contributed by atoms with E-state index >= 15 is 0 Å². The Labute approximate surface area is 105 Å². The zero-order chi connectivity index (χ0) is 12.7. The molecule has 3 rings (SSSR count).